The van der Waals surface area contributed by atoms with Crippen molar-refractivity contribution in [2.24, 2.45) is 0 Å². The van der Waals surface area contributed by atoms with Crippen LogP contribution in [0.4, 0.5) is 5.69 Å². The number of nitrogens with one attached hydrogen (secondary N) is 2. The summed E-state index contributed by atoms with van der Waals surface area (Å²) < 4.78 is 0. The molecule has 2 aromatic rings. The molecule has 1 heterocycles. The molecule has 0 saturated carbocycles. The van der Waals surface area contributed by atoms with Crippen molar-refractivity contribution >= 4 is 40.5 Å². The lowest BCUT2D eigenvalue weighted by atomic mass is 10.1. The highest BCUT2D eigenvalue weighted by Gasteiger charge is 2.08. The van der Waals surface area contributed by atoms with E-state index in [1.807, 2.05) is 0 Å². The zero-order valence-electron chi connectivity index (χ0n) is 10.9. The quantitative estimate of drug-likeness (QED) is 0.826. The number of nitrogens with zero attached hydrogens (tertiary/aromatic N) is 2. The number of hydrogen-bond acceptors (Lipinski definition) is 4. The number of carbonyl (C=O) groups excluding carboxylic acids is 1. The Morgan fingerprint density at radius 1 is 1.14 bits per heavy atom. The van der Waals surface area contributed by atoms with Crippen molar-refractivity contribution in [2.45, 2.75) is 12.8 Å². The highest BCUT2D eigenvalue weighted by atomic mass is 35.5. The molecule has 1 aromatic carbocycles. The summed E-state index contributed by atoms with van der Waals surface area (Å²) in [7, 11) is 0. The van der Waals surface area contributed by atoms with Crippen LogP contribution in [0.5, 0.6) is 0 Å². The predicted molar refractivity (Wildman–Crippen MR) is 83.2 cm³/mol. The van der Waals surface area contributed by atoms with Gasteiger partial charge in [-0.2, -0.15) is 0 Å². The third-order valence-electron chi connectivity index (χ3n) is 2.71. The molecule has 0 bridgehead atoms. The second-order valence-electron chi connectivity index (χ2n) is 4.28. The Kier molecular flexibility index (Phi) is 5.25. The van der Waals surface area contributed by atoms with Gasteiger partial charge in [-0.15, -0.1) is 0 Å². The molecule has 2 N–H and O–H groups in total. The molecule has 5 nitrogen and oxygen atoms in total. The topological polar surface area (TPSA) is 78.7 Å². The van der Waals surface area contributed by atoms with Gasteiger partial charge < -0.3 is 10.7 Å². The van der Waals surface area contributed by atoms with Crippen molar-refractivity contribution in [3.63, 3.8) is 0 Å². The van der Waals surface area contributed by atoms with E-state index in [9.17, 15) is 4.79 Å². The van der Waals surface area contributed by atoms with Crippen LogP contribution in [-0.2, 0) is 4.79 Å². The molecule has 0 atom stereocenters. The smallest absolute Gasteiger partial charge is 0.224 e. The standard InChI is InChI=1S/C14H12Cl2N4O/c15-11-2-1-9(5-12(11)16)13(17)3-4-14(21)20-10-6-18-8-19-7-10/h1-2,5-8,17H,3-4H2,(H,20,21). The van der Waals surface area contributed by atoms with Gasteiger partial charge in [-0.3, -0.25) is 4.79 Å². The molecular formula is C14H12Cl2N4O. The lowest BCUT2D eigenvalue weighted by Gasteiger charge is -2.06. The first-order chi connectivity index (χ1) is 10.1. The highest BCUT2D eigenvalue weighted by Crippen LogP contribution is 2.23. The Labute approximate surface area is 131 Å². The fourth-order valence-corrected chi connectivity index (χ4v) is 1.95. The highest BCUT2D eigenvalue weighted by molar-refractivity contribution is 6.42. The number of benzene rings is 1. The lowest BCUT2D eigenvalue weighted by Crippen LogP contribution is -2.13. The molecular weight excluding hydrogens is 311 g/mol. The van der Waals surface area contributed by atoms with E-state index < -0.39 is 0 Å². The van der Waals surface area contributed by atoms with Crippen molar-refractivity contribution in [3.05, 3.63) is 52.5 Å². The number of anilines is 1. The number of carbonyl (C=O) groups is 1. The number of hydrogen-bond donors (Lipinski definition) is 2. The van der Waals surface area contributed by atoms with Gasteiger partial charge in [0.15, 0.2) is 0 Å². The summed E-state index contributed by atoms with van der Waals surface area (Å²) in [5.41, 5.74) is 1.51. The summed E-state index contributed by atoms with van der Waals surface area (Å²) in [6.45, 7) is 0. The number of halogens is 2. The molecule has 0 aliphatic heterocycles. The van der Waals surface area contributed by atoms with Gasteiger partial charge in [-0.1, -0.05) is 29.3 Å². The van der Waals surface area contributed by atoms with E-state index in [4.69, 9.17) is 28.6 Å². The Bertz CT molecular complexity index is 661. The van der Waals surface area contributed by atoms with Crippen LogP contribution in [-0.4, -0.2) is 21.6 Å². The third kappa shape index (κ3) is 4.51. The number of amides is 1. The van der Waals surface area contributed by atoms with Gasteiger partial charge in [0.2, 0.25) is 5.91 Å². The molecule has 0 aliphatic rings. The number of aromatic nitrogens is 2. The van der Waals surface area contributed by atoms with Crippen LogP contribution in [0.3, 0.4) is 0 Å². The Hall–Kier alpha value is -1.98. The maximum absolute atomic E-state index is 11.8. The Morgan fingerprint density at radius 3 is 2.52 bits per heavy atom. The molecule has 0 aliphatic carbocycles. The van der Waals surface area contributed by atoms with Crippen LogP contribution in [0.1, 0.15) is 18.4 Å². The van der Waals surface area contributed by atoms with Gasteiger partial charge in [0.25, 0.3) is 0 Å². The molecule has 7 heteroatoms. The fourth-order valence-electron chi connectivity index (χ4n) is 1.65. The fraction of sp³-hybridized carbons (Fsp3) is 0.143. The zero-order valence-corrected chi connectivity index (χ0v) is 12.4. The van der Waals surface area contributed by atoms with Crippen LogP contribution in [0.15, 0.2) is 36.9 Å². The van der Waals surface area contributed by atoms with Gasteiger partial charge in [-0.25, -0.2) is 9.97 Å². The second-order valence-corrected chi connectivity index (χ2v) is 5.10. The average molecular weight is 323 g/mol. The second kappa shape index (κ2) is 7.15. The molecule has 108 valence electrons. The van der Waals surface area contributed by atoms with E-state index in [2.05, 4.69) is 15.3 Å². The van der Waals surface area contributed by atoms with Crippen molar-refractivity contribution in [1.82, 2.24) is 9.97 Å². The maximum Gasteiger partial charge on any atom is 0.224 e. The zero-order chi connectivity index (χ0) is 15.2. The van der Waals surface area contributed by atoms with Crippen LogP contribution in [0.2, 0.25) is 10.0 Å². The van der Waals surface area contributed by atoms with E-state index in [1.54, 1.807) is 18.2 Å². The first-order valence-electron chi connectivity index (χ1n) is 6.14. The van der Waals surface area contributed by atoms with E-state index in [0.29, 0.717) is 33.4 Å². The molecule has 1 aromatic heterocycles. The molecule has 0 saturated heterocycles. The van der Waals surface area contributed by atoms with Gasteiger partial charge in [0, 0.05) is 12.1 Å². The van der Waals surface area contributed by atoms with E-state index in [0.717, 1.165) is 0 Å². The normalized spacial score (nSPS) is 10.2. The minimum absolute atomic E-state index is 0.188. The predicted octanol–water partition coefficient (Wildman–Crippen LogP) is 3.57. The molecule has 1 amide bonds. The minimum atomic E-state index is -0.199. The Balaban J connectivity index is 1.89. The van der Waals surface area contributed by atoms with Gasteiger partial charge in [-0.05, 0) is 24.1 Å². The van der Waals surface area contributed by atoms with Gasteiger partial charge in [0.05, 0.1) is 28.1 Å². The summed E-state index contributed by atoms with van der Waals surface area (Å²) >= 11 is 11.7. The monoisotopic (exact) mass is 322 g/mol. The van der Waals surface area contributed by atoms with Crippen molar-refractivity contribution < 1.29 is 4.79 Å². The molecule has 0 spiro atoms. The first kappa shape index (κ1) is 15.4. The molecule has 21 heavy (non-hydrogen) atoms. The van der Waals surface area contributed by atoms with Crippen molar-refractivity contribution in [2.75, 3.05) is 5.32 Å². The summed E-state index contributed by atoms with van der Waals surface area (Å²) in [6.07, 6.45) is 4.89. The van der Waals surface area contributed by atoms with E-state index in [-0.39, 0.29) is 12.3 Å². The van der Waals surface area contributed by atoms with Crippen LogP contribution in [0.25, 0.3) is 0 Å². The van der Waals surface area contributed by atoms with Crippen LogP contribution < -0.4 is 5.32 Å². The van der Waals surface area contributed by atoms with Crippen LogP contribution >= 0.6 is 23.2 Å². The minimum Gasteiger partial charge on any atom is -0.323 e. The number of rotatable bonds is 5. The van der Waals surface area contributed by atoms with E-state index in [1.165, 1.54) is 18.7 Å². The Morgan fingerprint density at radius 2 is 1.86 bits per heavy atom. The summed E-state index contributed by atoms with van der Waals surface area (Å²) in [5.74, 6) is -0.199. The lowest BCUT2D eigenvalue weighted by molar-refractivity contribution is -0.116. The maximum atomic E-state index is 11.8. The molecule has 0 radical (unpaired) electrons. The molecule has 0 unspecified atom stereocenters. The summed E-state index contributed by atoms with van der Waals surface area (Å²) in [4.78, 5) is 19.4. The first-order valence-corrected chi connectivity index (χ1v) is 6.89. The largest absolute Gasteiger partial charge is 0.323 e. The van der Waals surface area contributed by atoms with Gasteiger partial charge in [0.1, 0.15) is 6.33 Å². The van der Waals surface area contributed by atoms with Crippen molar-refractivity contribution in [3.8, 4) is 0 Å². The van der Waals surface area contributed by atoms with Crippen LogP contribution in [0, 0.1) is 5.41 Å². The molecule has 0 fully saturated rings. The van der Waals surface area contributed by atoms with E-state index >= 15 is 0 Å². The summed E-state index contributed by atoms with van der Waals surface area (Å²) in [5, 5.41) is 11.5. The summed E-state index contributed by atoms with van der Waals surface area (Å²) in [6, 6.07) is 4.96. The van der Waals surface area contributed by atoms with Crippen molar-refractivity contribution in [1.29, 1.82) is 5.41 Å². The average Bonchev–Trinajstić information content (AvgIpc) is 2.48. The SMILES string of the molecule is N=C(CCC(=O)Nc1cncnc1)c1ccc(Cl)c(Cl)c1. The third-order valence-corrected chi connectivity index (χ3v) is 3.45. The van der Waals surface area contributed by atoms with Gasteiger partial charge >= 0.3 is 0 Å². The molecule has 2 rings (SSSR count).